The van der Waals surface area contributed by atoms with E-state index in [0.29, 0.717) is 0 Å². The van der Waals surface area contributed by atoms with E-state index in [1.54, 1.807) is 0 Å². The number of nitrogens with zero attached hydrogens (tertiary/aromatic N) is 1. The summed E-state index contributed by atoms with van der Waals surface area (Å²) in [6.45, 7) is 0. The lowest BCUT2D eigenvalue weighted by Crippen LogP contribution is -2.28. The van der Waals surface area contributed by atoms with Crippen LogP contribution in [0.4, 0.5) is 11.4 Å². The van der Waals surface area contributed by atoms with Crippen LogP contribution < -0.4 is 4.90 Å². The van der Waals surface area contributed by atoms with Crippen molar-refractivity contribution < 1.29 is 4.42 Å². The second-order valence-electron chi connectivity index (χ2n) is 14.0. The standard InChI is InChI=1S/C53H37NO/c1(6-19-38-20-7-3-8-21-38)2-17-36-54(49-30-18-29-45-44-28-15-16-31-50(44)55-52(45)49)42-33-34-46-48(37-42)53(40-23-9-4-10-24-40,41-25-11-5-12-26-41)47-35-32-39-22-13-14-27-43(39)51(46)47/h1-37H/b2-1-,19-6+,36-17+. The highest BCUT2D eigenvalue weighted by Crippen LogP contribution is 2.58. The largest absolute Gasteiger partial charge is 0.454 e. The van der Waals surface area contributed by atoms with Gasteiger partial charge in [0.2, 0.25) is 0 Å². The second kappa shape index (κ2) is 13.7. The SMILES string of the molecule is C(=C/C=C/N(c1ccc2c(c1)C(c1ccccc1)(c1ccccc1)c1ccc3ccccc3c1-2)c1cccc2c1oc1ccccc12)/C=C/c1ccccc1. The van der Waals surface area contributed by atoms with Crippen LogP contribution in [0.15, 0.2) is 223 Å². The van der Waals surface area contributed by atoms with Crippen molar-refractivity contribution in [2.45, 2.75) is 5.41 Å². The summed E-state index contributed by atoms with van der Waals surface area (Å²) in [6.07, 6.45) is 12.6. The molecule has 0 saturated carbocycles. The molecule has 0 saturated heterocycles. The molecule has 10 rings (SSSR count). The molecule has 8 aromatic carbocycles. The zero-order valence-corrected chi connectivity index (χ0v) is 30.2. The summed E-state index contributed by atoms with van der Waals surface area (Å²) in [4.78, 5) is 2.28. The van der Waals surface area contributed by atoms with E-state index in [9.17, 15) is 0 Å². The first-order valence-corrected chi connectivity index (χ1v) is 18.8. The van der Waals surface area contributed by atoms with Crippen molar-refractivity contribution in [2.75, 3.05) is 4.90 Å². The molecule has 9 aromatic rings. The van der Waals surface area contributed by atoms with Crippen LogP contribution in [-0.4, -0.2) is 0 Å². The fourth-order valence-corrected chi connectivity index (χ4v) is 8.62. The zero-order valence-electron chi connectivity index (χ0n) is 30.2. The first-order valence-electron chi connectivity index (χ1n) is 18.8. The van der Waals surface area contributed by atoms with Crippen LogP contribution in [0, 0.1) is 0 Å². The van der Waals surface area contributed by atoms with Crippen molar-refractivity contribution >= 4 is 50.2 Å². The molecule has 260 valence electrons. The monoisotopic (exact) mass is 703 g/mol. The Kier molecular flexibility index (Phi) is 8.08. The predicted molar refractivity (Wildman–Crippen MR) is 231 cm³/mol. The van der Waals surface area contributed by atoms with Crippen molar-refractivity contribution in [1.29, 1.82) is 0 Å². The average molecular weight is 704 g/mol. The van der Waals surface area contributed by atoms with Gasteiger partial charge in [-0.25, -0.2) is 0 Å². The minimum atomic E-state index is -0.546. The molecule has 0 N–H and O–H groups in total. The molecule has 1 aromatic heterocycles. The lowest BCUT2D eigenvalue weighted by Gasteiger charge is -2.34. The van der Waals surface area contributed by atoms with Crippen LogP contribution in [0.1, 0.15) is 27.8 Å². The number of fused-ring (bicyclic) bond motifs is 8. The Morgan fingerprint density at radius 3 is 1.91 bits per heavy atom. The summed E-state index contributed by atoms with van der Waals surface area (Å²) in [5, 5.41) is 4.70. The summed E-state index contributed by atoms with van der Waals surface area (Å²) in [5.41, 5.74) is 12.0. The highest BCUT2D eigenvalue weighted by atomic mass is 16.3. The quantitative estimate of drug-likeness (QED) is 0.147. The fourth-order valence-electron chi connectivity index (χ4n) is 8.62. The van der Waals surface area contributed by atoms with E-state index in [2.05, 4.69) is 211 Å². The number of furan rings is 1. The molecule has 0 bridgehead atoms. The number of allylic oxidation sites excluding steroid dienone is 4. The molecule has 0 aliphatic heterocycles. The van der Waals surface area contributed by atoms with Gasteiger partial charge in [-0.05, 0) is 80.1 Å². The Bertz CT molecular complexity index is 2880. The maximum absolute atomic E-state index is 6.65. The van der Waals surface area contributed by atoms with E-state index < -0.39 is 5.41 Å². The minimum Gasteiger partial charge on any atom is -0.454 e. The third-order valence-corrected chi connectivity index (χ3v) is 11.0. The molecule has 0 amide bonds. The van der Waals surface area contributed by atoms with Gasteiger partial charge in [-0.1, -0.05) is 188 Å². The van der Waals surface area contributed by atoms with Gasteiger partial charge in [0, 0.05) is 22.7 Å². The van der Waals surface area contributed by atoms with Gasteiger partial charge in [-0.15, -0.1) is 0 Å². The summed E-state index contributed by atoms with van der Waals surface area (Å²) >= 11 is 0. The average Bonchev–Trinajstić information content (AvgIpc) is 3.79. The van der Waals surface area contributed by atoms with Gasteiger partial charge in [0.25, 0.3) is 0 Å². The van der Waals surface area contributed by atoms with E-state index in [-0.39, 0.29) is 0 Å². The molecule has 0 atom stereocenters. The van der Waals surface area contributed by atoms with E-state index in [0.717, 1.165) is 33.3 Å². The summed E-state index contributed by atoms with van der Waals surface area (Å²) < 4.78 is 6.65. The maximum atomic E-state index is 6.65. The zero-order chi connectivity index (χ0) is 36.6. The van der Waals surface area contributed by atoms with Gasteiger partial charge >= 0.3 is 0 Å². The van der Waals surface area contributed by atoms with Crippen LogP contribution in [0.2, 0.25) is 0 Å². The van der Waals surface area contributed by atoms with Crippen LogP contribution in [0.5, 0.6) is 0 Å². The van der Waals surface area contributed by atoms with Crippen LogP contribution in [0.25, 0.3) is 49.9 Å². The maximum Gasteiger partial charge on any atom is 0.159 e. The number of anilines is 2. The highest BCUT2D eigenvalue weighted by molar-refractivity contribution is 6.10. The molecule has 1 heterocycles. The number of para-hydroxylation sites is 2. The summed E-state index contributed by atoms with van der Waals surface area (Å²) in [7, 11) is 0. The molecular formula is C53H37NO. The van der Waals surface area contributed by atoms with E-state index in [4.69, 9.17) is 4.42 Å². The lowest BCUT2D eigenvalue weighted by atomic mass is 9.67. The fraction of sp³-hybridized carbons (Fsp3) is 0.0189. The van der Waals surface area contributed by atoms with Gasteiger partial charge in [0.1, 0.15) is 5.58 Å². The molecule has 1 aliphatic carbocycles. The molecule has 0 unspecified atom stereocenters. The first kappa shape index (κ1) is 32.5. The van der Waals surface area contributed by atoms with Crippen molar-refractivity contribution in [1.82, 2.24) is 0 Å². The molecular weight excluding hydrogens is 667 g/mol. The Hall–Kier alpha value is -7.16. The molecule has 2 nitrogen and oxygen atoms in total. The van der Waals surface area contributed by atoms with Crippen LogP contribution in [-0.2, 0) is 5.41 Å². The Morgan fingerprint density at radius 2 is 1.13 bits per heavy atom. The lowest BCUT2D eigenvalue weighted by molar-refractivity contribution is 0.669. The smallest absolute Gasteiger partial charge is 0.159 e. The normalized spacial score (nSPS) is 13.4. The van der Waals surface area contributed by atoms with E-state index >= 15 is 0 Å². The van der Waals surface area contributed by atoms with Gasteiger partial charge in [0.15, 0.2) is 5.58 Å². The Balaban J connectivity index is 1.21. The van der Waals surface area contributed by atoms with Crippen molar-refractivity contribution in [3.63, 3.8) is 0 Å². The van der Waals surface area contributed by atoms with E-state index in [1.165, 1.54) is 49.7 Å². The minimum absolute atomic E-state index is 0.546. The number of hydrogen-bond acceptors (Lipinski definition) is 2. The Morgan fingerprint density at radius 1 is 0.473 bits per heavy atom. The van der Waals surface area contributed by atoms with Gasteiger partial charge in [0.05, 0.1) is 11.1 Å². The Labute approximate surface area is 321 Å². The highest BCUT2D eigenvalue weighted by Gasteiger charge is 2.47. The number of benzene rings is 8. The molecule has 0 fully saturated rings. The first-order chi connectivity index (χ1) is 27.3. The summed E-state index contributed by atoms with van der Waals surface area (Å²) in [6, 6.07) is 67.6. The third kappa shape index (κ3) is 5.42. The van der Waals surface area contributed by atoms with Gasteiger partial charge in [-0.2, -0.15) is 0 Å². The van der Waals surface area contributed by atoms with Crippen LogP contribution in [0.3, 0.4) is 0 Å². The molecule has 0 radical (unpaired) electrons. The number of hydrogen-bond donors (Lipinski definition) is 0. The van der Waals surface area contributed by atoms with Crippen molar-refractivity contribution in [2.24, 2.45) is 0 Å². The molecule has 1 aliphatic rings. The van der Waals surface area contributed by atoms with E-state index in [1.807, 2.05) is 18.2 Å². The summed E-state index contributed by atoms with van der Waals surface area (Å²) in [5.74, 6) is 0. The molecule has 2 heteroatoms. The van der Waals surface area contributed by atoms with Gasteiger partial charge in [-0.3, -0.25) is 0 Å². The van der Waals surface area contributed by atoms with Crippen molar-refractivity contribution in [3.05, 3.63) is 246 Å². The van der Waals surface area contributed by atoms with Gasteiger partial charge < -0.3 is 9.32 Å². The molecule has 55 heavy (non-hydrogen) atoms. The number of rotatable bonds is 8. The predicted octanol–water partition coefficient (Wildman–Crippen LogP) is 14.0. The van der Waals surface area contributed by atoms with Crippen LogP contribution >= 0.6 is 0 Å². The molecule has 0 spiro atoms. The third-order valence-electron chi connectivity index (χ3n) is 11.0. The van der Waals surface area contributed by atoms with Crippen molar-refractivity contribution in [3.8, 4) is 11.1 Å². The topological polar surface area (TPSA) is 16.4 Å². The second-order valence-corrected chi connectivity index (χ2v) is 14.0.